The maximum Gasteiger partial charge on any atom is 0.208 e. The van der Waals surface area contributed by atoms with E-state index in [1.807, 2.05) is 11.9 Å². The molecule has 0 spiro atoms. The SMILES string of the molecule is CN1CC(S(=O)(=O)c2ccc(-c3ccc(C4=NO[C@@H](CNS(C)(=O)=O)C4)cc3F)cc2)C1. The van der Waals surface area contributed by atoms with Crippen LogP contribution < -0.4 is 4.72 Å². The van der Waals surface area contributed by atoms with Crippen LogP contribution in [0.4, 0.5) is 4.39 Å². The molecule has 0 amide bonds. The van der Waals surface area contributed by atoms with Gasteiger partial charge in [-0.05, 0) is 30.8 Å². The minimum absolute atomic E-state index is 0.0821. The Morgan fingerprint density at radius 2 is 1.75 bits per heavy atom. The molecular formula is C21H24FN3O5S2. The zero-order valence-corrected chi connectivity index (χ0v) is 19.3. The average molecular weight is 482 g/mol. The van der Waals surface area contributed by atoms with Crippen LogP contribution in [0.2, 0.25) is 0 Å². The molecule has 1 atom stereocenters. The van der Waals surface area contributed by atoms with Gasteiger partial charge >= 0.3 is 0 Å². The Balaban J connectivity index is 1.46. The monoisotopic (exact) mass is 481 g/mol. The first-order valence-corrected chi connectivity index (χ1v) is 13.5. The van der Waals surface area contributed by atoms with Gasteiger partial charge in [0.25, 0.3) is 0 Å². The molecular weight excluding hydrogens is 457 g/mol. The number of sulfonamides is 1. The largest absolute Gasteiger partial charge is 0.390 e. The summed E-state index contributed by atoms with van der Waals surface area (Å²) in [7, 11) is -4.85. The fourth-order valence-corrected chi connectivity index (χ4v) is 6.03. The van der Waals surface area contributed by atoms with Crippen molar-refractivity contribution in [2.75, 3.05) is 32.9 Å². The van der Waals surface area contributed by atoms with Gasteiger partial charge in [-0.1, -0.05) is 29.4 Å². The fraction of sp³-hybridized carbons (Fsp3) is 0.381. The van der Waals surface area contributed by atoms with Crippen LogP contribution in [0.3, 0.4) is 0 Å². The fourth-order valence-electron chi connectivity index (χ4n) is 3.74. The van der Waals surface area contributed by atoms with E-state index in [1.54, 1.807) is 24.3 Å². The molecule has 0 saturated carbocycles. The summed E-state index contributed by atoms with van der Waals surface area (Å²) in [5, 5.41) is 3.55. The van der Waals surface area contributed by atoms with Gasteiger partial charge in [0, 0.05) is 30.6 Å². The van der Waals surface area contributed by atoms with Crippen LogP contribution in [-0.2, 0) is 24.7 Å². The second-order valence-electron chi connectivity index (χ2n) is 8.20. The molecule has 2 aliphatic rings. The molecule has 0 bridgehead atoms. The second-order valence-corrected chi connectivity index (χ2v) is 12.3. The van der Waals surface area contributed by atoms with Crippen LogP contribution in [0.5, 0.6) is 0 Å². The molecule has 2 aliphatic heterocycles. The minimum Gasteiger partial charge on any atom is -0.390 e. The Hall–Kier alpha value is -2.34. The molecule has 8 nitrogen and oxygen atoms in total. The third kappa shape index (κ3) is 4.85. The number of hydrogen-bond acceptors (Lipinski definition) is 7. The third-order valence-corrected chi connectivity index (χ3v) is 8.37. The Kier molecular flexibility index (Phi) is 6.10. The van der Waals surface area contributed by atoms with E-state index >= 15 is 0 Å². The summed E-state index contributed by atoms with van der Waals surface area (Å²) in [6, 6.07) is 10.9. The number of benzene rings is 2. The highest BCUT2D eigenvalue weighted by atomic mass is 32.2. The lowest BCUT2D eigenvalue weighted by Crippen LogP contribution is -2.52. The van der Waals surface area contributed by atoms with Gasteiger partial charge in [-0.3, -0.25) is 0 Å². The summed E-state index contributed by atoms with van der Waals surface area (Å²) in [6.07, 6.45) is 0.961. The Bertz CT molecular complexity index is 1250. The lowest BCUT2D eigenvalue weighted by molar-refractivity contribution is 0.0891. The summed E-state index contributed by atoms with van der Waals surface area (Å²) >= 11 is 0. The standard InChI is InChI=1S/C21H24FN3O5S2/c1-25-12-18(13-25)32(28,29)17-6-3-14(4-7-17)19-8-5-15(9-20(19)22)21-10-16(30-24-21)11-23-31(2,26)27/h3-9,16,18,23H,10-13H2,1-2H3/t16-/m1/s1. The first-order chi connectivity index (χ1) is 15.0. The molecule has 0 aliphatic carbocycles. The van der Waals surface area contributed by atoms with E-state index in [-0.39, 0.29) is 11.4 Å². The number of likely N-dealkylation sites (tertiary alicyclic amines) is 1. The molecule has 2 aromatic carbocycles. The molecule has 0 aromatic heterocycles. The smallest absolute Gasteiger partial charge is 0.208 e. The molecule has 172 valence electrons. The topological polar surface area (TPSA) is 105 Å². The first-order valence-electron chi connectivity index (χ1n) is 10.0. The molecule has 1 fully saturated rings. The van der Waals surface area contributed by atoms with Crippen molar-refractivity contribution in [1.29, 1.82) is 0 Å². The number of sulfone groups is 1. The Morgan fingerprint density at radius 1 is 1.09 bits per heavy atom. The minimum atomic E-state index is -3.39. The highest BCUT2D eigenvalue weighted by Gasteiger charge is 2.36. The quantitative estimate of drug-likeness (QED) is 0.645. The molecule has 1 N–H and O–H groups in total. The number of oxime groups is 1. The van der Waals surface area contributed by atoms with Gasteiger partial charge < -0.3 is 9.74 Å². The Morgan fingerprint density at radius 3 is 2.34 bits per heavy atom. The van der Waals surface area contributed by atoms with E-state index in [9.17, 15) is 21.2 Å². The molecule has 0 radical (unpaired) electrons. The van der Waals surface area contributed by atoms with Crippen molar-refractivity contribution in [3.63, 3.8) is 0 Å². The molecule has 32 heavy (non-hydrogen) atoms. The second kappa shape index (κ2) is 8.54. The van der Waals surface area contributed by atoms with E-state index in [0.29, 0.717) is 41.9 Å². The van der Waals surface area contributed by atoms with Crippen LogP contribution in [0.1, 0.15) is 12.0 Å². The van der Waals surface area contributed by atoms with Crippen molar-refractivity contribution in [2.45, 2.75) is 22.7 Å². The predicted molar refractivity (Wildman–Crippen MR) is 119 cm³/mol. The third-order valence-electron chi connectivity index (χ3n) is 5.57. The predicted octanol–water partition coefficient (Wildman–Crippen LogP) is 1.62. The number of nitrogens with zero attached hydrogens (tertiary/aromatic N) is 2. The van der Waals surface area contributed by atoms with Crippen molar-refractivity contribution >= 4 is 25.6 Å². The van der Waals surface area contributed by atoms with E-state index in [4.69, 9.17) is 4.84 Å². The summed E-state index contributed by atoms with van der Waals surface area (Å²) < 4.78 is 64.9. The van der Waals surface area contributed by atoms with Crippen LogP contribution in [0.15, 0.2) is 52.5 Å². The number of nitrogens with one attached hydrogen (secondary N) is 1. The van der Waals surface area contributed by atoms with E-state index in [1.165, 1.54) is 18.2 Å². The van der Waals surface area contributed by atoms with Crippen molar-refractivity contribution in [2.24, 2.45) is 5.16 Å². The molecule has 11 heteroatoms. The average Bonchev–Trinajstić information content (AvgIpc) is 3.19. The highest BCUT2D eigenvalue weighted by molar-refractivity contribution is 7.92. The molecule has 0 unspecified atom stereocenters. The van der Waals surface area contributed by atoms with Crippen molar-refractivity contribution in [3.8, 4) is 11.1 Å². The molecule has 1 saturated heterocycles. The van der Waals surface area contributed by atoms with Gasteiger partial charge in [0.15, 0.2) is 9.84 Å². The van der Waals surface area contributed by atoms with Gasteiger partial charge in [0.1, 0.15) is 11.9 Å². The van der Waals surface area contributed by atoms with Crippen LogP contribution in [0.25, 0.3) is 11.1 Å². The summed E-state index contributed by atoms with van der Waals surface area (Å²) in [4.78, 5) is 7.41. The van der Waals surface area contributed by atoms with Crippen molar-refractivity contribution < 1.29 is 26.1 Å². The molecule has 4 rings (SSSR count). The van der Waals surface area contributed by atoms with Gasteiger partial charge in [0.05, 0.1) is 28.7 Å². The van der Waals surface area contributed by atoms with Gasteiger partial charge in [-0.25, -0.2) is 25.9 Å². The number of rotatable bonds is 7. The van der Waals surface area contributed by atoms with E-state index in [0.717, 1.165) is 6.26 Å². The maximum atomic E-state index is 14.8. The lowest BCUT2D eigenvalue weighted by atomic mass is 9.99. The van der Waals surface area contributed by atoms with Crippen molar-refractivity contribution in [3.05, 3.63) is 53.8 Å². The van der Waals surface area contributed by atoms with Crippen LogP contribution in [-0.4, -0.2) is 71.7 Å². The first kappa shape index (κ1) is 22.8. The zero-order chi connectivity index (χ0) is 23.1. The molecule has 2 heterocycles. The summed E-state index contributed by atoms with van der Waals surface area (Å²) in [5.41, 5.74) is 1.98. The lowest BCUT2D eigenvalue weighted by Gasteiger charge is -2.35. The van der Waals surface area contributed by atoms with Gasteiger partial charge in [-0.2, -0.15) is 0 Å². The summed E-state index contributed by atoms with van der Waals surface area (Å²) in [6.45, 7) is 1.11. The Labute approximate surface area is 187 Å². The van der Waals surface area contributed by atoms with E-state index in [2.05, 4.69) is 9.88 Å². The van der Waals surface area contributed by atoms with Crippen LogP contribution in [0, 0.1) is 5.82 Å². The summed E-state index contributed by atoms with van der Waals surface area (Å²) in [5.74, 6) is -0.473. The normalized spacial score (nSPS) is 20.0. The number of halogens is 1. The zero-order valence-electron chi connectivity index (χ0n) is 17.7. The van der Waals surface area contributed by atoms with Gasteiger partial charge in [0.2, 0.25) is 10.0 Å². The van der Waals surface area contributed by atoms with E-state index < -0.39 is 37.0 Å². The van der Waals surface area contributed by atoms with Gasteiger partial charge in [-0.15, -0.1) is 0 Å². The highest BCUT2D eigenvalue weighted by Crippen LogP contribution is 2.29. The van der Waals surface area contributed by atoms with Crippen LogP contribution >= 0.6 is 0 Å². The molecule has 2 aromatic rings. The maximum absolute atomic E-state index is 14.8. The number of hydrogen-bond donors (Lipinski definition) is 1. The van der Waals surface area contributed by atoms with Crippen molar-refractivity contribution in [1.82, 2.24) is 9.62 Å².